The van der Waals surface area contributed by atoms with E-state index in [0.29, 0.717) is 18.0 Å². The molecule has 0 unspecified atom stereocenters. The van der Waals surface area contributed by atoms with Crippen LogP contribution in [0.4, 0.5) is 5.69 Å². The maximum atomic E-state index is 12.1. The first-order valence-corrected chi connectivity index (χ1v) is 7.93. The summed E-state index contributed by atoms with van der Waals surface area (Å²) >= 11 is 0. The van der Waals surface area contributed by atoms with Gasteiger partial charge in [0.15, 0.2) is 0 Å². The average Bonchev–Trinajstić information content (AvgIpc) is 2.29. The summed E-state index contributed by atoms with van der Waals surface area (Å²) in [5.74, 6) is 0.414. The van der Waals surface area contributed by atoms with Crippen LogP contribution in [0, 0.1) is 5.41 Å². The minimum atomic E-state index is -3.47. The maximum absolute atomic E-state index is 12.1. The van der Waals surface area contributed by atoms with E-state index < -0.39 is 10.0 Å². The summed E-state index contributed by atoms with van der Waals surface area (Å²) in [7, 11) is -0.488. The zero-order chi connectivity index (χ0) is 15.6. The Morgan fingerprint density at radius 3 is 2.35 bits per heavy atom. The lowest BCUT2D eigenvalue weighted by Gasteiger charge is -2.19. The molecule has 20 heavy (non-hydrogen) atoms. The first kappa shape index (κ1) is 16.8. The Balaban J connectivity index is 2.93. The molecule has 0 amide bonds. The lowest BCUT2D eigenvalue weighted by atomic mass is 9.93. The molecule has 0 aliphatic rings. The summed E-state index contributed by atoms with van der Waals surface area (Å²) < 4.78 is 30.9. The summed E-state index contributed by atoms with van der Waals surface area (Å²) in [4.78, 5) is 0.183. The molecule has 0 saturated carbocycles. The van der Waals surface area contributed by atoms with Crippen LogP contribution in [-0.2, 0) is 10.0 Å². The minimum absolute atomic E-state index is 0.155. The molecule has 0 atom stereocenters. The molecule has 5 nitrogen and oxygen atoms in total. The summed E-state index contributed by atoms with van der Waals surface area (Å²) in [5.41, 5.74) is 6.42. The van der Waals surface area contributed by atoms with Crippen molar-refractivity contribution in [1.29, 1.82) is 0 Å². The number of nitrogen functional groups attached to an aromatic ring is 1. The number of nitrogens with zero attached hydrogens (tertiary/aromatic N) is 1. The third-order valence-corrected chi connectivity index (χ3v) is 4.68. The first-order chi connectivity index (χ1) is 9.04. The van der Waals surface area contributed by atoms with Crippen molar-refractivity contribution in [3.63, 3.8) is 0 Å². The first-order valence-electron chi connectivity index (χ1n) is 6.49. The number of rotatable bonds is 5. The number of sulfonamides is 1. The van der Waals surface area contributed by atoms with E-state index in [9.17, 15) is 8.42 Å². The van der Waals surface area contributed by atoms with Crippen LogP contribution in [0.5, 0.6) is 5.75 Å². The van der Waals surface area contributed by atoms with Gasteiger partial charge in [-0.3, -0.25) is 0 Å². The fraction of sp³-hybridized carbons (Fsp3) is 0.571. The second-order valence-corrected chi connectivity index (χ2v) is 8.30. The maximum Gasteiger partial charge on any atom is 0.242 e. The van der Waals surface area contributed by atoms with Gasteiger partial charge in [0.05, 0.1) is 17.2 Å². The van der Waals surface area contributed by atoms with Crippen LogP contribution >= 0.6 is 0 Å². The lowest BCUT2D eigenvalue weighted by molar-refractivity contribution is 0.243. The monoisotopic (exact) mass is 300 g/mol. The van der Waals surface area contributed by atoms with Crippen LogP contribution in [-0.4, -0.2) is 33.4 Å². The number of nitrogens with two attached hydrogens (primary N) is 1. The van der Waals surface area contributed by atoms with Gasteiger partial charge in [0.25, 0.3) is 0 Å². The molecule has 6 heteroatoms. The fourth-order valence-electron chi connectivity index (χ4n) is 1.48. The molecule has 1 rings (SSSR count). The Morgan fingerprint density at radius 1 is 1.25 bits per heavy atom. The molecule has 0 aromatic heterocycles. The SMILES string of the molecule is CN(C)S(=O)(=O)c1ccc(N)c(OCCC(C)(C)C)c1. The molecule has 0 fully saturated rings. The minimum Gasteiger partial charge on any atom is -0.491 e. The van der Waals surface area contributed by atoms with E-state index in [1.54, 1.807) is 6.07 Å². The van der Waals surface area contributed by atoms with Crippen molar-refractivity contribution < 1.29 is 13.2 Å². The molecule has 0 radical (unpaired) electrons. The Hall–Kier alpha value is -1.27. The molecular formula is C14H24N2O3S. The topological polar surface area (TPSA) is 72.6 Å². The second kappa shape index (κ2) is 6.01. The molecule has 1 aromatic carbocycles. The molecule has 0 aliphatic heterocycles. The van der Waals surface area contributed by atoms with Gasteiger partial charge in [-0.25, -0.2) is 12.7 Å². The second-order valence-electron chi connectivity index (χ2n) is 6.15. The standard InChI is InChI=1S/C14H24N2O3S/c1-14(2,3)8-9-19-13-10-11(6-7-12(13)15)20(17,18)16(4)5/h6-7,10H,8-9,15H2,1-5H3. The van der Waals surface area contributed by atoms with Crippen molar-refractivity contribution in [3.8, 4) is 5.75 Å². The zero-order valence-electron chi connectivity index (χ0n) is 12.8. The Labute approximate surface area is 121 Å². The summed E-state index contributed by atoms with van der Waals surface area (Å²) in [6, 6.07) is 4.53. The predicted molar refractivity (Wildman–Crippen MR) is 81.3 cm³/mol. The normalized spacial score (nSPS) is 12.7. The molecule has 0 bridgehead atoms. The van der Waals surface area contributed by atoms with E-state index in [-0.39, 0.29) is 10.3 Å². The molecular weight excluding hydrogens is 276 g/mol. The summed E-state index contributed by atoms with van der Waals surface area (Å²) in [6.07, 6.45) is 0.858. The number of anilines is 1. The van der Waals surface area contributed by atoms with Crippen molar-refractivity contribution >= 4 is 15.7 Å². The van der Waals surface area contributed by atoms with Crippen LogP contribution in [0.15, 0.2) is 23.1 Å². The third kappa shape index (κ3) is 4.38. The number of benzene rings is 1. The number of hydrogen-bond acceptors (Lipinski definition) is 4. The highest BCUT2D eigenvalue weighted by atomic mass is 32.2. The van der Waals surface area contributed by atoms with Crippen LogP contribution in [0.1, 0.15) is 27.2 Å². The van der Waals surface area contributed by atoms with Gasteiger partial charge in [-0.15, -0.1) is 0 Å². The average molecular weight is 300 g/mol. The van der Waals surface area contributed by atoms with Gasteiger partial charge in [-0.05, 0) is 24.0 Å². The van der Waals surface area contributed by atoms with Gasteiger partial charge in [0.1, 0.15) is 5.75 Å². The molecule has 0 aliphatic carbocycles. The van der Waals surface area contributed by atoms with Crippen LogP contribution in [0.2, 0.25) is 0 Å². The van der Waals surface area contributed by atoms with Gasteiger partial charge in [-0.2, -0.15) is 0 Å². The molecule has 0 spiro atoms. The van der Waals surface area contributed by atoms with Crippen molar-refractivity contribution in [3.05, 3.63) is 18.2 Å². The highest BCUT2D eigenvalue weighted by Gasteiger charge is 2.19. The Morgan fingerprint density at radius 2 is 1.85 bits per heavy atom. The van der Waals surface area contributed by atoms with Gasteiger partial charge < -0.3 is 10.5 Å². The lowest BCUT2D eigenvalue weighted by Crippen LogP contribution is -2.22. The predicted octanol–water partition coefficient (Wildman–Crippen LogP) is 2.33. The fourth-order valence-corrected chi connectivity index (χ4v) is 2.40. The summed E-state index contributed by atoms with van der Waals surface area (Å²) in [5, 5.41) is 0. The zero-order valence-corrected chi connectivity index (χ0v) is 13.6. The van der Waals surface area contributed by atoms with E-state index in [0.717, 1.165) is 10.7 Å². The van der Waals surface area contributed by atoms with Crippen molar-refractivity contribution in [2.75, 3.05) is 26.4 Å². The third-order valence-electron chi connectivity index (χ3n) is 2.87. The number of ether oxygens (including phenoxy) is 1. The van der Waals surface area contributed by atoms with Crippen LogP contribution < -0.4 is 10.5 Å². The Kier molecular flexibility index (Phi) is 5.05. The molecule has 1 aromatic rings. The Bertz CT molecular complexity index is 560. The van der Waals surface area contributed by atoms with Gasteiger partial charge in [-0.1, -0.05) is 20.8 Å². The van der Waals surface area contributed by atoms with Crippen molar-refractivity contribution in [1.82, 2.24) is 4.31 Å². The smallest absolute Gasteiger partial charge is 0.242 e. The molecule has 114 valence electrons. The highest BCUT2D eigenvalue weighted by molar-refractivity contribution is 7.89. The van der Waals surface area contributed by atoms with E-state index in [1.807, 2.05) is 0 Å². The molecule has 0 saturated heterocycles. The number of hydrogen-bond donors (Lipinski definition) is 1. The van der Waals surface area contributed by atoms with E-state index in [2.05, 4.69) is 20.8 Å². The van der Waals surface area contributed by atoms with Gasteiger partial charge in [0.2, 0.25) is 10.0 Å². The van der Waals surface area contributed by atoms with Crippen molar-refractivity contribution in [2.24, 2.45) is 5.41 Å². The van der Waals surface area contributed by atoms with E-state index >= 15 is 0 Å². The largest absolute Gasteiger partial charge is 0.491 e. The van der Waals surface area contributed by atoms with E-state index in [4.69, 9.17) is 10.5 Å². The van der Waals surface area contributed by atoms with Crippen LogP contribution in [0.25, 0.3) is 0 Å². The van der Waals surface area contributed by atoms with Crippen molar-refractivity contribution in [2.45, 2.75) is 32.1 Å². The molecule has 2 N–H and O–H groups in total. The van der Waals surface area contributed by atoms with Gasteiger partial charge in [0, 0.05) is 20.2 Å². The van der Waals surface area contributed by atoms with Crippen LogP contribution in [0.3, 0.4) is 0 Å². The van der Waals surface area contributed by atoms with Gasteiger partial charge >= 0.3 is 0 Å². The summed E-state index contributed by atoms with van der Waals surface area (Å²) in [6.45, 7) is 6.85. The highest BCUT2D eigenvalue weighted by Crippen LogP contribution is 2.27. The molecule has 0 heterocycles. The quantitative estimate of drug-likeness (QED) is 0.847. The van der Waals surface area contributed by atoms with E-state index in [1.165, 1.54) is 26.2 Å².